The first-order valence-electron chi connectivity index (χ1n) is 12.3. The van der Waals surface area contributed by atoms with Gasteiger partial charge in [-0.1, -0.05) is 72.1 Å². The standard InChI is InChI=1S/C28H30Cl3N3O4S/c1-4-25(28(36)32-5-2)33(17-20-12-14-23(30)24(31)15-20)27(35)18-34(26-16-21(29)13-11-19(26)3)39(37,38)22-9-7-6-8-10-22/h6-16,25H,4-5,17-18H2,1-3H3,(H,32,36). The van der Waals surface area contributed by atoms with Crippen molar-refractivity contribution in [3.8, 4) is 0 Å². The van der Waals surface area contributed by atoms with Crippen LogP contribution in [0.15, 0.2) is 71.6 Å². The molecule has 3 aromatic rings. The predicted molar refractivity (Wildman–Crippen MR) is 157 cm³/mol. The van der Waals surface area contributed by atoms with Gasteiger partial charge >= 0.3 is 0 Å². The highest BCUT2D eigenvalue weighted by Gasteiger charge is 2.34. The number of benzene rings is 3. The molecule has 0 aliphatic heterocycles. The number of halogens is 3. The first-order chi connectivity index (χ1) is 18.5. The minimum atomic E-state index is -4.18. The van der Waals surface area contributed by atoms with E-state index in [4.69, 9.17) is 34.8 Å². The van der Waals surface area contributed by atoms with E-state index in [1.807, 2.05) is 0 Å². The highest BCUT2D eigenvalue weighted by Crippen LogP contribution is 2.30. The summed E-state index contributed by atoms with van der Waals surface area (Å²) in [6.07, 6.45) is 0.306. The van der Waals surface area contributed by atoms with E-state index in [1.165, 1.54) is 23.1 Å². The van der Waals surface area contributed by atoms with E-state index < -0.39 is 28.5 Å². The molecule has 208 valence electrons. The molecule has 0 radical (unpaired) electrons. The average molecular weight is 611 g/mol. The Morgan fingerprint density at radius 1 is 0.923 bits per heavy atom. The van der Waals surface area contributed by atoms with Gasteiger partial charge in [0, 0.05) is 18.1 Å². The van der Waals surface area contributed by atoms with Crippen LogP contribution in [0.25, 0.3) is 0 Å². The molecule has 11 heteroatoms. The third kappa shape index (κ3) is 7.45. The van der Waals surface area contributed by atoms with Crippen LogP contribution in [0.4, 0.5) is 5.69 Å². The number of likely N-dealkylation sites (N-methyl/N-ethyl adjacent to an activating group) is 1. The van der Waals surface area contributed by atoms with Gasteiger partial charge in [0.25, 0.3) is 10.0 Å². The maximum Gasteiger partial charge on any atom is 0.264 e. The highest BCUT2D eigenvalue weighted by molar-refractivity contribution is 7.92. The second kappa shape index (κ2) is 13.5. The molecule has 1 unspecified atom stereocenters. The third-order valence-corrected chi connectivity index (χ3v) is 8.87. The molecule has 0 spiro atoms. The van der Waals surface area contributed by atoms with Gasteiger partial charge in [-0.2, -0.15) is 0 Å². The monoisotopic (exact) mass is 609 g/mol. The fourth-order valence-electron chi connectivity index (χ4n) is 4.13. The number of carbonyl (C=O) groups excluding carboxylic acids is 2. The minimum absolute atomic E-state index is 0.0130. The molecule has 0 saturated heterocycles. The van der Waals surface area contributed by atoms with Crippen molar-refractivity contribution in [2.24, 2.45) is 0 Å². The van der Waals surface area contributed by atoms with E-state index in [9.17, 15) is 18.0 Å². The van der Waals surface area contributed by atoms with E-state index in [0.717, 1.165) is 4.31 Å². The number of hydrogen-bond donors (Lipinski definition) is 1. The van der Waals surface area contributed by atoms with Crippen LogP contribution in [0.3, 0.4) is 0 Å². The Morgan fingerprint density at radius 3 is 2.23 bits per heavy atom. The number of nitrogens with one attached hydrogen (secondary N) is 1. The molecule has 0 aliphatic rings. The van der Waals surface area contributed by atoms with Crippen LogP contribution in [-0.4, -0.2) is 44.3 Å². The molecule has 0 heterocycles. The molecule has 0 aliphatic carbocycles. The number of anilines is 1. The van der Waals surface area contributed by atoms with Gasteiger partial charge in [0.05, 0.1) is 20.6 Å². The van der Waals surface area contributed by atoms with Crippen LogP contribution in [0.2, 0.25) is 15.1 Å². The SMILES string of the molecule is CCNC(=O)C(CC)N(Cc1ccc(Cl)c(Cl)c1)C(=O)CN(c1cc(Cl)ccc1C)S(=O)(=O)c1ccccc1. The van der Waals surface area contributed by atoms with Crippen LogP contribution in [0.1, 0.15) is 31.4 Å². The number of carbonyl (C=O) groups is 2. The summed E-state index contributed by atoms with van der Waals surface area (Å²) in [4.78, 5) is 28.4. The molecule has 1 atom stereocenters. The maximum atomic E-state index is 14.0. The Kier molecular flexibility index (Phi) is 10.7. The van der Waals surface area contributed by atoms with Gasteiger partial charge in [-0.15, -0.1) is 0 Å². The summed E-state index contributed by atoms with van der Waals surface area (Å²) in [5.41, 5.74) is 1.51. The molecule has 39 heavy (non-hydrogen) atoms. The summed E-state index contributed by atoms with van der Waals surface area (Å²) in [6, 6.07) is 16.8. The van der Waals surface area contributed by atoms with Crippen molar-refractivity contribution in [1.29, 1.82) is 0 Å². The van der Waals surface area contributed by atoms with Crippen molar-refractivity contribution in [2.45, 2.75) is 44.7 Å². The first-order valence-corrected chi connectivity index (χ1v) is 14.9. The Labute approximate surface area is 244 Å². The Morgan fingerprint density at radius 2 is 1.62 bits per heavy atom. The summed E-state index contributed by atoms with van der Waals surface area (Å²) in [6.45, 7) is 5.14. The second-order valence-corrected chi connectivity index (χ2v) is 12.0. The number of amides is 2. The van der Waals surface area contributed by atoms with E-state index in [0.29, 0.717) is 39.2 Å². The topological polar surface area (TPSA) is 86.8 Å². The summed E-state index contributed by atoms with van der Waals surface area (Å²) in [7, 11) is -4.18. The lowest BCUT2D eigenvalue weighted by atomic mass is 10.1. The fourth-order valence-corrected chi connectivity index (χ4v) is 6.11. The Hall–Kier alpha value is -2.78. The van der Waals surface area contributed by atoms with Crippen molar-refractivity contribution >= 4 is 62.3 Å². The van der Waals surface area contributed by atoms with Crippen molar-refractivity contribution in [3.63, 3.8) is 0 Å². The normalized spacial score (nSPS) is 12.1. The predicted octanol–water partition coefficient (Wildman–Crippen LogP) is 6.09. The number of aryl methyl sites for hydroxylation is 1. The Balaban J connectivity index is 2.10. The minimum Gasteiger partial charge on any atom is -0.355 e. The summed E-state index contributed by atoms with van der Waals surface area (Å²) in [5, 5.41) is 3.74. The zero-order valence-electron chi connectivity index (χ0n) is 21.8. The lowest BCUT2D eigenvalue weighted by molar-refractivity contribution is -0.140. The molecule has 0 bridgehead atoms. The highest BCUT2D eigenvalue weighted by atomic mass is 35.5. The molecule has 0 saturated carbocycles. The number of hydrogen-bond acceptors (Lipinski definition) is 4. The van der Waals surface area contributed by atoms with Crippen LogP contribution in [-0.2, 0) is 26.2 Å². The largest absolute Gasteiger partial charge is 0.355 e. The molecule has 2 amide bonds. The number of rotatable bonds is 11. The van der Waals surface area contributed by atoms with E-state index in [-0.39, 0.29) is 23.0 Å². The molecular formula is C28H30Cl3N3O4S. The van der Waals surface area contributed by atoms with Crippen LogP contribution in [0.5, 0.6) is 0 Å². The zero-order chi connectivity index (χ0) is 28.7. The second-order valence-electron chi connectivity index (χ2n) is 8.84. The number of nitrogens with zero attached hydrogens (tertiary/aromatic N) is 2. The van der Waals surface area contributed by atoms with Crippen LogP contribution >= 0.6 is 34.8 Å². The Bertz CT molecular complexity index is 1440. The molecule has 0 aromatic heterocycles. The summed E-state index contributed by atoms with van der Waals surface area (Å²) >= 11 is 18.5. The van der Waals surface area contributed by atoms with Crippen molar-refractivity contribution in [3.05, 3.63) is 92.9 Å². The average Bonchev–Trinajstić information content (AvgIpc) is 2.91. The van der Waals surface area contributed by atoms with Crippen LogP contribution < -0.4 is 9.62 Å². The number of sulfonamides is 1. The van der Waals surface area contributed by atoms with E-state index in [1.54, 1.807) is 69.3 Å². The van der Waals surface area contributed by atoms with Gasteiger partial charge in [0.2, 0.25) is 11.8 Å². The fraction of sp³-hybridized carbons (Fsp3) is 0.286. The lowest BCUT2D eigenvalue weighted by Gasteiger charge is -2.33. The quantitative estimate of drug-likeness (QED) is 0.285. The van der Waals surface area contributed by atoms with Gasteiger partial charge in [0.1, 0.15) is 12.6 Å². The van der Waals surface area contributed by atoms with Gasteiger partial charge in [-0.05, 0) is 67.8 Å². The molecule has 0 fully saturated rings. The zero-order valence-corrected chi connectivity index (χ0v) is 24.9. The van der Waals surface area contributed by atoms with Gasteiger partial charge < -0.3 is 10.2 Å². The molecule has 3 aromatic carbocycles. The maximum absolute atomic E-state index is 14.0. The van der Waals surface area contributed by atoms with E-state index in [2.05, 4.69) is 5.32 Å². The van der Waals surface area contributed by atoms with Crippen LogP contribution in [0, 0.1) is 6.92 Å². The van der Waals surface area contributed by atoms with Crippen molar-refractivity contribution < 1.29 is 18.0 Å². The first kappa shape index (κ1) is 30.8. The van der Waals surface area contributed by atoms with Crippen molar-refractivity contribution in [2.75, 3.05) is 17.4 Å². The molecule has 7 nitrogen and oxygen atoms in total. The van der Waals surface area contributed by atoms with E-state index >= 15 is 0 Å². The lowest BCUT2D eigenvalue weighted by Crippen LogP contribution is -2.52. The molecule has 1 N–H and O–H groups in total. The van der Waals surface area contributed by atoms with Gasteiger partial charge in [-0.25, -0.2) is 8.42 Å². The molecular weight excluding hydrogens is 581 g/mol. The smallest absolute Gasteiger partial charge is 0.264 e. The van der Waals surface area contributed by atoms with Crippen molar-refractivity contribution in [1.82, 2.24) is 10.2 Å². The summed E-state index contributed by atoms with van der Waals surface area (Å²) < 4.78 is 28.8. The van der Waals surface area contributed by atoms with Gasteiger partial charge in [-0.3, -0.25) is 13.9 Å². The van der Waals surface area contributed by atoms with Gasteiger partial charge in [0.15, 0.2) is 0 Å². The summed E-state index contributed by atoms with van der Waals surface area (Å²) in [5.74, 6) is -0.914. The third-order valence-electron chi connectivity index (χ3n) is 6.12. The molecule has 3 rings (SSSR count).